The Morgan fingerprint density at radius 2 is 1.79 bits per heavy atom. The number of sulfone groups is 1. The number of aryl methyl sites for hydroxylation is 1. The van der Waals surface area contributed by atoms with Gasteiger partial charge in [0, 0.05) is 17.8 Å². The van der Waals surface area contributed by atoms with Crippen molar-refractivity contribution in [1.82, 2.24) is 5.32 Å². The first-order valence-corrected chi connectivity index (χ1v) is 8.67. The number of hydrogen-bond donors (Lipinski definition) is 1. The van der Waals surface area contributed by atoms with E-state index in [4.69, 9.17) is 0 Å². The predicted molar refractivity (Wildman–Crippen MR) is 81.3 cm³/mol. The van der Waals surface area contributed by atoms with Crippen LogP contribution in [0.15, 0.2) is 24.3 Å². The van der Waals surface area contributed by atoms with Gasteiger partial charge in [-0.2, -0.15) is 0 Å². The molecule has 0 radical (unpaired) electrons. The van der Waals surface area contributed by atoms with Crippen molar-refractivity contribution in [3.8, 4) is 0 Å². The molecular weight excluding hydrogens is 258 g/mol. The maximum absolute atomic E-state index is 11.6. The second-order valence-electron chi connectivity index (χ2n) is 5.30. The zero-order valence-electron chi connectivity index (χ0n) is 12.3. The molecule has 1 rings (SSSR count). The van der Waals surface area contributed by atoms with E-state index in [1.54, 1.807) is 6.92 Å². The summed E-state index contributed by atoms with van der Waals surface area (Å²) in [5, 5.41) is 3.37. The molecule has 0 saturated heterocycles. The van der Waals surface area contributed by atoms with Gasteiger partial charge in [0.15, 0.2) is 9.84 Å². The summed E-state index contributed by atoms with van der Waals surface area (Å²) < 4.78 is 23.1. The van der Waals surface area contributed by atoms with Crippen molar-refractivity contribution in [2.45, 2.75) is 46.2 Å². The average molecular weight is 283 g/mol. The molecule has 0 fully saturated rings. The van der Waals surface area contributed by atoms with Crippen LogP contribution in [-0.2, 0) is 16.3 Å². The molecule has 0 aliphatic heterocycles. The molecule has 1 N–H and O–H groups in total. The molecule has 3 nitrogen and oxygen atoms in total. The van der Waals surface area contributed by atoms with Gasteiger partial charge in [-0.15, -0.1) is 0 Å². The van der Waals surface area contributed by atoms with Crippen molar-refractivity contribution in [2.24, 2.45) is 0 Å². The smallest absolute Gasteiger partial charge is 0.151 e. The fourth-order valence-electron chi connectivity index (χ4n) is 2.26. The van der Waals surface area contributed by atoms with E-state index in [0.717, 1.165) is 6.42 Å². The van der Waals surface area contributed by atoms with Crippen LogP contribution in [0.1, 0.15) is 31.9 Å². The van der Waals surface area contributed by atoms with Crippen molar-refractivity contribution in [3.05, 3.63) is 35.4 Å². The molecule has 0 amide bonds. The van der Waals surface area contributed by atoms with Crippen molar-refractivity contribution in [1.29, 1.82) is 0 Å². The van der Waals surface area contributed by atoms with Crippen LogP contribution in [0.4, 0.5) is 0 Å². The highest BCUT2D eigenvalue weighted by Crippen LogP contribution is 2.10. The van der Waals surface area contributed by atoms with Gasteiger partial charge in [-0.3, -0.25) is 0 Å². The summed E-state index contributed by atoms with van der Waals surface area (Å²) >= 11 is 0. The van der Waals surface area contributed by atoms with Gasteiger partial charge in [0.05, 0.1) is 5.75 Å². The third kappa shape index (κ3) is 5.74. The molecular formula is C15H25NO2S. The van der Waals surface area contributed by atoms with E-state index in [1.807, 2.05) is 19.1 Å². The average Bonchev–Trinajstić information content (AvgIpc) is 2.31. The Labute approximate surface area is 117 Å². The number of benzene rings is 1. The number of hydrogen-bond acceptors (Lipinski definition) is 3. The zero-order valence-corrected chi connectivity index (χ0v) is 13.1. The maximum atomic E-state index is 11.6. The SMILES string of the molecule is CCS(=O)(=O)CC(C)NC(C)Cc1ccccc1C. The quantitative estimate of drug-likeness (QED) is 0.835. The summed E-state index contributed by atoms with van der Waals surface area (Å²) in [5.74, 6) is 0.423. The van der Waals surface area contributed by atoms with Gasteiger partial charge in [0.1, 0.15) is 0 Å². The molecule has 0 aromatic heterocycles. The predicted octanol–water partition coefficient (Wildman–Crippen LogP) is 2.34. The van der Waals surface area contributed by atoms with Gasteiger partial charge in [0.2, 0.25) is 0 Å². The van der Waals surface area contributed by atoms with Gasteiger partial charge < -0.3 is 5.32 Å². The molecule has 19 heavy (non-hydrogen) atoms. The van der Waals surface area contributed by atoms with E-state index in [1.165, 1.54) is 11.1 Å². The van der Waals surface area contributed by atoms with Crippen LogP contribution >= 0.6 is 0 Å². The topological polar surface area (TPSA) is 46.2 Å². The van der Waals surface area contributed by atoms with Crippen LogP contribution in [0.5, 0.6) is 0 Å². The Balaban J connectivity index is 2.52. The summed E-state index contributed by atoms with van der Waals surface area (Å²) in [5.41, 5.74) is 2.60. The maximum Gasteiger partial charge on any atom is 0.151 e. The molecule has 2 unspecified atom stereocenters. The summed E-state index contributed by atoms with van der Waals surface area (Å²) in [6.45, 7) is 7.83. The molecule has 4 heteroatoms. The van der Waals surface area contributed by atoms with Gasteiger partial charge in [0.25, 0.3) is 0 Å². The first-order chi connectivity index (χ1) is 8.84. The van der Waals surface area contributed by atoms with Crippen molar-refractivity contribution >= 4 is 9.84 Å². The monoisotopic (exact) mass is 283 g/mol. The normalized spacial score (nSPS) is 15.2. The minimum absolute atomic E-state index is 0.0102. The molecule has 1 aromatic rings. The van der Waals surface area contributed by atoms with E-state index < -0.39 is 9.84 Å². The van der Waals surface area contributed by atoms with E-state index in [0.29, 0.717) is 0 Å². The Kier molecular flexibility index (Phi) is 6.01. The number of rotatable bonds is 7. The molecule has 1 aromatic carbocycles. The second kappa shape index (κ2) is 7.06. The van der Waals surface area contributed by atoms with Crippen LogP contribution in [0.3, 0.4) is 0 Å². The Morgan fingerprint density at radius 3 is 2.37 bits per heavy atom. The molecule has 0 aliphatic rings. The van der Waals surface area contributed by atoms with Crippen LogP contribution in [0, 0.1) is 6.92 Å². The summed E-state index contributed by atoms with van der Waals surface area (Å²) in [7, 11) is -2.91. The Bertz CT molecular complexity index is 497. The van der Waals surface area contributed by atoms with Gasteiger partial charge in [-0.1, -0.05) is 31.2 Å². The molecule has 0 heterocycles. The standard InChI is InChI=1S/C15H25NO2S/c1-5-19(17,18)11-14(4)16-13(3)10-15-9-7-6-8-12(15)2/h6-9,13-14,16H,5,10-11H2,1-4H3. The van der Waals surface area contributed by atoms with E-state index in [2.05, 4.69) is 31.3 Å². The van der Waals surface area contributed by atoms with Gasteiger partial charge in [-0.05, 0) is 38.3 Å². The highest BCUT2D eigenvalue weighted by atomic mass is 32.2. The third-order valence-electron chi connectivity index (χ3n) is 3.30. The molecule has 108 valence electrons. The fourth-order valence-corrected chi connectivity index (χ4v) is 3.35. The highest BCUT2D eigenvalue weighted by molar-refractivity contribution is 7.91. The summed E-state index contributed by atoms with van der Waals surface area (Å²) in [4.78, 5) is 0. The van der Waals surface area contributed by atoms with Crippen molar-refractivity contribution < 1.29 is 8.42 Å². The third-order valence-corrected chi connectivity index (χ3v) is 5.19. The second-order valence-corrected chi connectivity index (χ2v) is 7.70. The van der Waals surface area contributed by atoms with Gasteiger partial charge in [-0.25, -0.2) is 8.42 Å². The molecule has 0 aliphatic carbocycles. The van der Waals surface area contributed by atoms with Crippen molar-refractivity contribution in [3.63, 3.8) is 0 Å². The Morgan fingerprint density at radius 1 is 1.16 bits per heavy atom. The first-order valence-electron chi connectivity index (χ1n) is 6.85. The van der Waals surface area contributed by atoms with E-state index >= 15 is 0 Å². The summed E-state index contributed by atoms with van der Waals surface area (Å²) in [6.07, 6.45) is 0.920. The molecule has 0 saturated carbocycles. The number of nitrogens with one attached hydrogen (secondary N) is 1. The zero-order chi connectivity index (χ0) is 14.5. The lowest BCUT2D eigenvalue weighted by molar-refractivity contribution is 0.483. The largest absolute Gasteiger partial charge is 0.310 e. The first kappa shape index (κ1) is 16.2. The van der Waals surface area contributed by atoms with E-state index in [9.17, 15) is 8.42 Å². The van der Waals surface area contributed by atoms with E-state index in [-0.39, 0.29) is 23.6 Å². The van der Waals surface area contributed by atoms with Gasteiger partial charge >= 0.3 is 0 Å². The highest BCUT2D eigenvalue weighted by Gasteiger charge is 2.15. The lowest BCUT2D eigenvalue weighted by Gasteiger charge is -2.20. The summed E-state index contributed by atoms with van der Waals surface area (Å²) in [6, 6.07) is 8.56. The van der Waals surface area contributed by atoms with Crippen LogP contribution in [0.25, 0.3) is 0 Å². The molecule has 0 spiro atoms. The minimum Gasteiger partial charge on any atom is -0.310 e. The molecule has 0 bridgehead atoms. The van der Waals surface area contributed by atoms with Crippen LogP contribution < -0.4 is 5.32 Å². The minimum atomic E-state index is -2.91. The lowest BCUT2D eigenvalue weighted by Crippen LogP contribution is -2.40. The van der Waals surface area contributed by atoms with Crippen LogP contribution in [-0.4, -0.2) is 32.0 Å². The lowest BCUT2D eigenvalue weighted by atomic mass is 10.0. The van der Waals surface area contributed by atoms with Crippen molar-refractivity contribution in [2.75, 3.05) is 11.5 Å². The fraction of sp³-hybridized carbons (Fsp3) is 0.600. The Hall–Kier alpha value is -0.870. The molecule has 2 atom stereocenters. The van der Waals surface area contributed by atoms with Crippen LogP contribution in [0.2, 0.25) is 0 Å².